The molecule has 0 aliphatic heterocycles. The van der Waals surface area contributed by atoms with Crippen molar-refractivity contribution >= 4 is 5.91 Å². The third kappa shape index (κ3) is 4.00. The fourth-order valence-electron chi connectivity index (χ4n) is 2.12. The number of hydrogen-bond acceptors (Lipinski definition) is 2. The summed E-state index contributed by atoms with van der Waals surface area (Å²) in [4.78, 5) is 13.8. The third-order valence-corrected chi connectivity index (χ3v) is 3.44. The summed E-state index contributed by atoms with van der Waals surface area (Å²) in [6.07, 6.45) is 1.96. The van der Waals surface area contributed by atoms with Gasteiger partial charge >= 0.3 is 0 Å². The Balaban J connectivity index is 2.03. The van der Waals surface area contributed by atoms with E-state index in [-0.39, 0.29) is 24.9 Å². The smallest absolute Gasteiger partial charge is 0.223 e. The molecule has 0 aromatic heterocycles. The molecule has 110 valence electrons. The number of aliphatic hydroxyl groups is 1. The van der Waals surface area contributed by atoms with Gasteiger partial charge in [0.25, 0.3) is 0 Å². The van der Waals surface area contributed by atoms with E-state index in [4.69, 9.17) is 0 Å². The Bertz CT molecular complexity index is 487. The van der Waals surface area contributed by atoms with Crippen molar-refractivity contribution in [2.75, 3.05) is 0 Å². The molecule has 1 atom stereocenters. The highest BCUT2D eigenvalue weighted by atomic mass is 19.1. The Hall–Kier alpha value is -1.49. The van der Waals surface area contributed by atoms with Gasteiger partial charge in [0.15, 0.2) is 0 Å². The van der Waals surface area contributed by atoms with Crippen molar-refractivity contribution in [1.82, 2.24) is 4.90 Å². The van der Waals surface area contributed by atoms with Gasteiger partial charge in [-0.1, -0.05) is 6.07 Å². The quantitative estimate of drug-likeness (QED) is 0.872. The number of carbonyl (C=O) groups excluding carboxylic acids is 1. The zero-order valence-electron chi connectivity index (χ0n) is 11.5. The monoisotopic (exact) mass is 283 g/mol. The summed E-state index contributed by atoms with van der Waals surface area (Å²) in [5.74, 6) is -1.33. The largest absolute Gasteiger partial charge is 0.393 e. The van der Waals surface area contributed by atoms with Crippen LogP contribution < -0.4 is 0 Å². The van der Waals surface area contributed by atoms with Crippen LogP contribution in [0.5, 0.6) is 0 Å². The van der Waals surface area contributed by atoms with Crippen LogP contribution in [0.3, 0.4) is 0 Å². The summed E-state index contributed by atoms with van der Waals surface area (Å²) >= 11 is 0. The van der Waals surface area contributed by atoms with Crippen molar-refractivity contribution in [2.45, 2.75) is 51.3 Å². The number of benzene rings is 1. The molecule has 1 fully saturated rings. The molecule has 5 heteroatoms. The van der Waals surface area contributed by atoms with E-state index in [1.165, 1.54) is 12.1 Å². The lowest BCUT2D eigenvalue weighted by Crippen LogP contribution is -2.33. The molecule has 3 nitrogen and oxygen atoms in total. The molecule has 0 spiro atoms. The number of carbonyl (C=O) groups is 1. The van der Waals surface area contributed by atoms with E-state index >= 15 is 0 Å². The number of amides is 1. The Labute approximate surface area is 117 Å². The van der Waals surface area contributed by atoms with Crippen molar-refractivity contribution in [2.24, 2.45) is 0 Å². The Morgan fingerprint density at radius 3 is 2.70 bits per heavy atom. The third-order valence-electron chi connectivity index (χ3n) is 3.44. The summed E-state index contributed by atoms with van der Waals surface area (Å²) in [6.45, 7) is 1.80. The molecule has 1 unspecified atom stereocenters. The van der Waals surface area contributed by atoms with Gasteiger partial charge in [0.05, 0.1) is 6.10 Å². The Kier molecular flexibility index (Phi) is 4.70. The minimum absolute atomic E-state index is 0.0860. The molecule has 0 radical (unpaired) electrons. The van der Waals surface area contributed by atoms with Crippen LogP contribution in [0.4, 0.5) is 8.78 Å². The molecule has 1 aromatic rings. The maximum Gasteiger partial charge on any atom is 0.223 e. The predicted octanol–water partition coefficient (Wildman–Crippen LogP) is 2.62. The molecule has 1 saturated carbocycles. The molecular weight excluding hydrogens is 264 g/mol. The standard InChI is InChI=1S/C15H19F2NO2/c1-10(19)2-7-15(20)18(13-5-6-13)9-11-3-4-12(16)8-14(11)17/h3-4,8,10,13,19H,2,5-7,9H2,1H3. The van der Waals surface area contributed by atoms with Crippen LogP contribution in [0.15, 0.2) is 18.2 Å². The van der Waals surface area contributed by atoms with Gasteiger partial charge in [-0.05, 0) is 32.3 Å². The molecule has 1 aliphatic carbocycles. The van der Waals surface area contributed by atoms with E-state index in [1.54, 1.807) is 11.8 Å². The summed E-state index contributed by atoms with van der Waals surface area (Å²) in [5, 5.41) is 9.23. The normalized spacial score (nSPS) is 16.0. The van der Waals surface area contributed by atoms with E-state index in [2.05, 4.69) is 0 Å². The van der Waals surface area contributed by atoms with E-state index < -0.39 is 17.7 Å². The first-order valence-electron chi connectivity index (χ1n) is 6.89. The molecule has 1 aromatic carbocycles. The van der Waals surface area contributed by atoms with E-state index in [0.717, 1.165) is 18.9 Å². The molecule has 2 rings (SSSR count). The van der Waals surface area contributed by atoms with Gasteiger partial charge in [0.1, 0.15) is 11.6 Å². The minimum Gasteiger partial charge on any atom is -0.393 e. The molecule has 0 heterocycles. The lowest BCUT2D eigenvalue weighted by molar-refractivity contribution is -0.133. The van der Waals surface area contributed by atoms with Crippen molar-refractivity contribution in [3.8, 4) is 0 Å². The molecule has 1 aliphatic rings. The molecular formula is C15H19F2NO2. The van der Waals surface area contributed by atoms with Crippen LogP contribution in [-0.2, 0) is 11.3 Å². The first kappa shape index (κ1) is 14.9. The summed E-state index contributed by atoms with van der Waals surface area (Å²) in [6, 6.07) is 3.56. The second-order valence-corrected chi connectivity index (χ2v) is 5.38. The topological polar surface area (TPSA) is 40.5 Å². The first-order chi connectivity index (χ1) is 9.47. The molecule has 1 N–H and O–H groups in total. The van der Waals surface area contributed by atoms with Crippen molar-refractivity contribution in [3.63, 3.8) is 0 Å². The number of halogens is 2. The summed E-state index contributed by atoms with van der Waals surface area (Å²) in [5.41, 5.74) is 0.323. The number of hydrogen-bond donors (Lipinski definition) is 1. The van der Waals surface area contributed by atoms with Crippen molar-refractivity contribution in [3.05, 3.63) is 35.4 Å². The lowest BCUT2D eigenvalue weighted by Gasteiger charge is -2.23. The number of nitrogens with zero attached hydrogens (tertiary/aromatic N) is 1. The van der Waals surface area contributed by atoms with Crippen LogP contribution in [0.2, 0.25) is 0 Å². The zero-order valence-corrected chi connectivity index (χ0v) is 11.5. The van der Waals surface area contributed by atoms with Crippen LogP contribution >= 0.6 is 0 Å². The Morgan fingerprint density at radius 2 is 2.15 bits per heavy atom. The molecule has 0 bridgehead atoms. The number of rotatable bonds is 6. The predicted molar refractivity (Wildman–Crippen MR) is 70.8 cm³/mol. The van der Waals surface area contributed by atoms with Gasteiger partial charge in [0, 0.05) is 30.6 Å². The number of aliphatic hydroxyl groups excluding tert-OH is 1. The average Bonchev–Trinajstić information content (AvgIpc) is 3.19. The van der Waals surface area contributed by atoms with Crippen LogP contribution in [0.1, 0.15) is 38.2 Å². The Morgan fingerprint density at radius 1 is 1.45 bits per heavy atom. The van der Waals surface area contributed by atoms with Crippen molar-refractivity contribution in [1.29, 1.82) is 0 Å². The molecule has 0 saturated heterocycles. The highest BCUT2D eigenvalue weighted by molar-refractivity contribution is 5.76. The van der Waals surface area contributed by atoms with Gasteiger partial charge in [-0.2, -0.15) is 0 Å². The van der Waals surface area contributed by atoms with Crippen molar-refractivity contribution < 1.29 is 18.7 Å². The minimum atomic E-state index is -0.626. The van der Waals surface area contributed by atoms with Crippen LogP contribution in [-0.4, -0.2) is 28.1 Å². The zero-order chi connectivity index (χ0) is 14.7. The highest BCUT2D eigenvalue weighted by Crippen LogP contribution is 2.29. The van der Waals surface area contributed by atoms with Crippen LogP contribution in [0, 0.1) is 11.6 Å². The van der Waals surface area contributed by atoms with Gasteiger partial charge < -0.3 is 10.0 Å². The van der Waals surface area contributed by atoms with E-state index in [9.17, 15) is 18.7 Å². The fraction of sp³-hybridized carbons (Fsp3) is 0.533. The maximum absolute atomic E-state index is 13.7. The first-order valence-corrected chi connectivity index (χ1v) is 6.89. The fourth-order valence-corrected chi connectivity index (χ4v) is 2.12. The SMILES string of the molecule is CC(O)CCC(=O)N(Cc1ccc(F)cc1F)C1CC1. The average molecular weight is 283 g/mol. The lowest BCUT2D eigenvalue weighted by atomic mass is 10.1. The summed E-state index contributed by atoms with van der Waals surface area (Å²) < 4.78 is 26.5. The maximum atomic E-state index is 13.7. The van der Waals surface area contributed by atoms with E-state index in [0.29, 0.717) is 12.0 Å². The van der Waals surface area contributed by atoms with Gasteiger partial charge in [-0.25, -0.2) is 8.78 Å². The van der Waals surface area contributed by atoms with Gasteiger partial charge in [-0.15, -0.1) is 0 Å². The molecule has 20 heavy (non-hydrogen) atoms. The highest BCUT2D eigenvalue weighted by Gasteiger charge is 2.32. The van der Waals surface area contributed by atoms with Gasteiger partial charge in [-0.3, -0.25) is 4.79 Å². The summed E-state index contributed by atoms with van der Waals surface area (Å²) in [7, 11) is 0. The molecule has 1 amide bonds. The second-order valence-electron chi connectivity index (χ2n) is 5.38. The van der Waals surface area contributed by atoms with Gasteiger partial charge in [0.2, 0.25) is 5.91 Å². The van der Waals surface area contributed by atoms with Crippen LogP contribution in [0.25, 0.3) is 0 Å². The second kappa shape index (κ2) is 6.31. The van der Waals surface area contributed by atoms with E-state index in [1.807, 2.05) is 0 Å².